The summed E-state index contributed by atoms with van der Waals surface area (Å²) in [5.41, 5.74) is 0. The SMILES string of the molecule is CCCCC(CC)C[P+]([O-])([O-])[O-].CCCCC(CC)C[P+]([O-])([O-])[O-].[Ni+2].[Ni+2].[Ni+2]. The molecule has 0 aromatic heterocycles. The van der Waals surface area contributed by atoms with Gasteiger partial charge in [0, 0.05) is 12.3 Å². The smallest absolute Gasteiger partial charge is 0.688 e. The van der Waals surface area contributed by atoms with Gasteiger partial charge >= 0.3 is 49.5 Å². The normalized spacial score (nSPS) is 13.1. The zero-order valence-electron chi connectivity index (χ0n) is 16.5. The van der Waals surface area contributed by atoms with Gasteiger partial charge < -0.3 is 29.4 Å². The molecule has 0 aliphatic rings. The van der Waals surface area contributed by atoms with Crippen molar-refractivity contribution in [3.05, 3.63) is 0 Å². The third-order valence-corrected chi connectivity index (χ3v) is 5.98. The summed E-state index contributed by atoms with van der Waals surface area (Å²) in [5, 5.41) is 0. The van der Waals surface area contributed by atoms with Crippen molar-refractivity contribution in [3.8, 4) is 0 Å². The van der Waals surface area contributed by atoms with Crippen molar-refractivity contribution < 1.29 is 78.8 Å². The molecule has 0 aliphatic heterocycles. The Morgan fingerprint density at radius 3 is 0.963 bits per heavy atom. The Labute approximate surface area is 197 Å². The van der Waals surface area contributed by atoms with Crippen molar-refractivity contribution in [2.45, 2.75) is 79.1 Å². The van der Waals surface area contributed by atoms with Crippen LogP contribution in [0.25, 0.3) is 0 Å². The molecule has 172 valence electrons. The maximum Gasteiger partial charge on any atom is 2.00 e. The third-order valence-electron chi connectivity index (χ3n) is 4.05. The van der Waals surface area contributed by atoms with E-state index in [1.807, 2.05) is 13.8 Å². The third kappa shape index (κ3) is 33.0. The van der Waals surface area contributed by atoms with Gasteiger partial charge in [0.1, 0.15) is 0 Å². The van der Waals surface area contributed by atoms with Gasteiger partial charge in [-0.15, -0.1) is 0 Å². The molecule has 0 aromatic rings. The molecule has 6 nitrogen and oxygen atoms in total. The van der Waals surface area contributed by atoms with Crippen LogP contribution in [0, 0.1) is 11.8 Å². The summed E-state index contributed by atoms with van der Waals surface area (Å²) in [6.07, 6.45) is 7.10. The standard InChI is InChI=1S/2C8H19O3P.3Ni/c2*1-3-5-6-8(4-2)7-12(9,10)11;;;/h2*8H,3-7H2,1-2H3,(H2,9,10,11);;;/q;;3*+2/p-4. The van der Waals surface area contributed by atoms with Crippen LogP contribution in [0.3, 0.4) is 0 Å². The Bertz CT molecular complexity index is 264. The van der Waals surface area contributed by atoms with Crippen LogP contribution in [-0.2, 0) is 49.5 Å². The average Bonchev–Trinajstić information content (AvgIpc) is 2.46. The molecule has 0 rings (SSSR count). The molecular weight excluding hydrogens is 526 g/mol. The minimum Gasteiger partial charge on any atom is -0.688 e. The molecule has 0 spiro atoms. The summed E-state index contributed by atoms with van der Waals surface area (Å²) in [6, 6.07) is 0. The van der Waals surface area contributed by atoms with Crippen molar-refractivity contribution in [2.75, 3.05) is 12.3 Å². The second kappa shape index (κ2) is 22.8. The maximum absolute atomic E-state index is 10.4. The maximum atomic E-state index is 10.4. The van der Waals surface area contributed by atoms with E-state index in [2.05, 4.69) is 13.8 Å². The van der Waals surface area contributed by atoms with Crippen LogP contribution >= 0.6 is 15.9 Å². The molecule has 0 heterocycles. The summed E-state index contributed by atoms with van der Waals surface area (Å²) in [7, 11) is -8.56. The summed E-state index contributed by atoms with van der Waals surface area (Å²) < 4.78 is 0. The van der Waals surface area contributed by atoms with E-state index in [-0.39, 0.29) is 73.6 Å². The molecule has 0 bridgehead atoms. The van der Waals surface area contributed by atoms with E-state index in [1.54, 1.807) is 0 Å². The molecule has 0 aromatic carbocycles. The molecule has 0 aliphatic carbocycles. The van der Waals surface area contributed by atoms with Crippen LogP contribution in [0.2, 0.25) is 0 Å². The van der Waals surface area contributed by atoms with Gasteiger partial charge in [0.15, 0.2) is 0 Å². The van der Waals surface area contributed by atoms with Gasteiger partial charge in [-0.25, -0.2) is 0 Å². The fraction of sp³-hybridized carbons (Fsp3) is 1.00. The van der Waals surface area contributed by atoms with Crippen LogP contribution in [0.1, 0.15) is 79.1 Å². The van der Waals surface area contributed by atoms with Crippen molar-refractivity contribution in [2.24, 2.45) is 11.8 Å². The first-order valence-corrected chi connectivity index (χ1v) is 12.5. The van der Waals surface area contributed by atoms with Gasteiger partial charge in [0.05, 0.1) is 0 Å². The Kier molecular flexibility index (Phi) is 33.4. The summed E-state index contributed by atoms with van der Waals surface area (Å²) in [5.74, 6) is 0.150. The summed E-state index contributed by atoms with van der Waals surface area (Å²) in [4.78, 5) is 62.6. The molecule has 0 amide bonds. The predicted octanol–water partition coefficient (Wildman–Crippen LogP) is 0.0851. The Morgan fingerprint density at radius 1 is 0.556 bits per heavy atom. The van der Waals surface area contributed by atoms with Gasteiger partial charge in [-0.2, -0.15) is 15.9 Å². The second-order valence-electron chi connectivity index (χ2n) is 6.42. The molecule has 27 heavy (non-hydrogen) atoms. The van der Waals surface area contributed by atoms with Gasteiger partial charge in [0.2, 0.25) is 0 Å². The summed E-state index contributed by atoms with van der Waals surface area (Å²) in [6.45, 7) is 7.97. The zero-order chi connectivity index (χ0) is 19.2. The average molecular weight is 560 g/mol. The quantitative estimate of drug-likeness (QED) is 0.245. The Morgan fingerprint density at radius 2 is 0.815 bits per heavy atom. The van der Waals surface area contributed by atoms with Gasteiger partial charge in [-0.05, 0) is 37.5 Å². The van der Waals surface area contributed by atoms with E-state index in [0.29, 0.717) is 0 Å². The molecule has 2 unspecified atom stereocenters. The number of rotatable bonds is 12. The van der Waals surface area contributed by atoms with Gasteiger partial charge in [-0.3, -0.25) is 0 Å². The predicted molar refractivity (Wildman–Crippen MR) is 90.2 cm³/mol. The van der Waals surface area contributed by atoms with Gasteiger partial charge in [-0.1, -0.05) is 53.4 Å². The molecule has 0 fully saturated rings. The second-order valence-corrected chi connectivity index (χ2v) is 9.59. The molecular formula is C16H34Ni3O6P2+2. The van der Waals surface area contributed by atoms with Crippen LogP contribution in [-0.4, -0.2) is 12.3 Å². The van der Waals surface area contributed by atoms with E-state index in [1.165, 1.54) is 0 Å². The Hall–Kier alpha value is 2.10. The van der Waals surface area contributed by atoms with E-state index in [0.717, 1.165) is 51.4 Å². The van der Waals surface area contributed by atoms with Crippen LogP contribution < -0.4 is 29.4 Å². The first kappa shape index (κ1) is 39.6. The fourth-order valence-corrected chi connectivity index (χ4v) is 4.61. The fourth-order valence-electron chi connectivity index (χ4n) is 2.47. The monoisotopic (exact) mass is 558 g/mol. The van der Waals surface area contributed by atoms with Crippen molar-refractivity contribution in [1.29, 1.82) is 0 Å². The van der Waals surface area contributed by atoms with Crippen molar-refractivity contribution in [3.63, 3.8) is 0 Å². The van der Waals surface area contributed by atoms with E-state index >= 15 is 0 Å². The van der Waals surface area contributed by atoms with E-state index < -0.39 is 15.9 Å². The summed E-state index contributed by atoms with van der Waals surface area (Å²) >= 11 is 0. The molecule has 0 saturated carbocycles. The largest absolute Gasteiger partial charge is 2.00 e. The number of hydrogen-bond acceptors (Lipinski definition) is 6. The van der Waals surface area contributed by atoms with Gasteiger partial charge in [0.25, 0.3) is 0 Å². The first-order valence-electron chi connectivity index (χ1n) is 9.01. The molecule has 11 heteroatoms. The van der Waals surface area contributed by atoms with Crippen LogP contribution in [0.15, 0.2) is 0 Å². The zero-order valence-corrected chi connectivity index (χ0v) is 21.3. The number of unbranched alkanes of at least 4 members (excludes halogenated alkanes) is 2. The first-order chi connectivity index (χ1) is 11.0. The molecule has 2 atom stereocenters. The Balaban J connectivity index is -0.000000108. The number of hydrogen-bond donors (Lipinski definition) is 0. The van der Waals surface area contributed by atoms with Crippen molar-refractivity contribution in [1.82, 2.24) is 0 Å². The molecule has 0 N–H and O–H groups in total. The van der Waals surface area contributed by atoms with Crippen LogP contribution in [0.5, 0.6) is 0 Å². The van der Waals surface area contributed by atoms with Crippen molar-refractivity contribution >= 4 is 15.9 Å². The molecule has 0 saturated heterocycles. The van der Waals surface area contributed by atoms with Crippen LogP contribution in [0.4, 0.5) is 0 Å². The minimum atomic E-state index is -4.28. The minimum absolute atomic E-state index is 0. The topological polar surface area (TPSA) is 138 Å². The van der Waals surface area contributed by atoms with E-state index in [9.17, 15) is 29.4 Å². The van der Waals surface area contributed by atoms with E-state index in [4.69, 9.17) is 0 Å². The molecule has 0 radical (unpaired) electrons.